The molecule has 0 aliphatic carbocycles. The van der Waals surface area contributed by atoms with Crippen molar-refractivity contribution in [1.29, 1.82) is 0 Å². The number of benzene rings is 2. The second-order valence-electron chi connectivity index (χ2n) is 7.12. The summed E-state index contributed by atoms with van der Waals surface area (Å²) in [7, 11) is 0. The molecule has 0 radical (unpaired) electrons. The molecule has 1 spiro atoms. The van der Waals surface area contributed by atoms with Crippen molar-refractivity contribution in [3.63, 3.8) is 0 Å². The molecule has 1 aromatic heterocycles. The Morgan fingerprint density at radius 2 is 1.77 bits per heavy atom. The molecule has 5 rings (SSSR count). The Hall–Kier alpha value is -2.32. The number of aromatic hydroxyl groups is 1. The van der Waals surface area contributed by atoms with Gasteiger partial charge in [-0.15, -0.1) is 0 Å². The zero-order chi connectivity index (χ0) is 18.1. The molecule has 3 aromatic rings. The van der Waals surface area contributed by atoms with Crippen molar-refractivity contribution in [1.82, 2.24) is 9.78 Å². The number of fused-ring (bicyclic) bond motifs is 1. The van der Waals surface area contributed by atoms with Crippen LogP contribution in [0.15, 0.2) is 36.5 Å². The molecular formula is C18H15F2N3O2S. The van der Waals surface area contributed by atoms with E-state index in [0.717, 1.165) is 36.3 Å². The van der Waals surface area contributed by atoms with Gasteiger partial charge in [-0.1, -0.05) is 11.2 Å². The number of aromatic nitrogens is 2. The van der Waals surface area contributed by atoms with Crippen molar-refractivity contribution in [3.8, 4) is 11.4 Å². The number of hydrogen-bond donors (Lipinski definition) is 1. The minimum atomic E-state index is -1.02. The fraction of sp³-hybridized carbons (Fsp3) is 0.278. The molecule has 2 aromatic carbocycles. The lowest BCUT2D eigenvalue weighted by atomic mass is 9.82. The summed E-state index contributed by atoms with van der Waals surface area (Å²) in [5.41, 5.74) is 1.93. The summed E-state index contributed by atoms with van der Waals surface area (Å²) in [4.78, 5) is 2.23. The first kappa shape index (κ1) is 15.9. The molecule has 2 saturated heterocycles. The molecule has 0 atom stereocenters. The lowest BCUT2D eigenvalue weighted by molar-refractivity contribution is 0.254. The summed E-state index contributed by atoms with van der Waals surface area (Å²) >= 11 is -0.646. The largest absolute Gasteiger partial charge is 0.616 e. The molecule has 1 N–H and O–H groups in total. The fourth-order valence-electron chi connectivity index (χ4n) is 3.88. The van der Waals surface area contributed by atoms with Gasteiger partial charge in [-0.2, -0.15) is 5.10 Å². The Kier molecular flexibility index (Phi) is 3.27. The van der Waals surface area contributed by atoms with Crippen molar-refractivity contribution in [2.24, 2.45) is 5.41 Å². The molecule has 2 fully saturated rings. The van der Waals surface area contributed by atoms with Crippen LogP contribution in [0.4, 0.5) is 14.5 Å². The van der Waals surface area contributed by atoms with Crippen LogP contribution in [0.25, 0.3) is 16.6 Å². The average Bonchev–Trinajstić information content (AvgIpc) is 2.99. The summed E-state index contributed by atoms with van der Waals surface area (Å²) in [6.07, 6.45) is 1.37. The molecule has 2 aliphatic heterocycles. The van der Waals surface area contributed by atoms with Crippen molar-refractivity contribution in [2.75, 3.05) is 29.5 Å². The van der Waals surface area contributed by atoms with Gasteiger partial charge in [-0.3, -0.25) is 0 Å². The molecule has 3 heterocycles. The van der Waals surface area contributed by atoms with Gasteiger partial charge in [0.15, 0.2) is 17.4 Å². The molecule has 0 saturated carbocycles. The Morgan fingerprint density at radius 1 is 1.12 bits per heavy atom. The zero-order valence-electron chi connectivity index (χ0n) is 13.7. The van der Waals surface area contributed by atoms with Gasteiger partial charge in [-0.25, -0.2) is 13.5 Å². The van der Waals surface area contributed by atoms with E-state index in [1.807, 2.05) is 24.3 Å². The second-order valence-corrected chi connectivity index (χ2v) is 8.57. The lowest BCUT2D eigenvalue weighted by Crippen LogP contribution is -2.68. The van der Waals surface area contributed by atoms with E-state index in [1.54, 1.807) is 0 Å². The molecule has 5 nitrogen and oxygen atoms in total. The van der Waals surface area contributed by atoms with Gasteiger partial charge < -0.3 is 14.6 Å². The number of anilines is 1. The molecule has 26 heavy (non-hydrogen) atoms. The number of phenols is 1. The van der Waals surface area contributed by atoms with E-state index in [-0.39, 0.29) is 16.3 Å². The van der Waals surface area contributed by atoms with Crippen LogP contribution in [-0.4, -0.2) is 44.0 Å². The first-order valence-electron chi connectivity index (χ1n) is 8.21. The maximum Gasteiger partial charge on any atom is 0.194 e. The van der Waals surface area contributed by atoms with Crippen molar-refractivity contribution < 1.29 is 18.4 Å². The highest BCUT2D eigenvalue weighted by Gasteiger charge is 2.56. The van der Waals surface area contributed by atoms with Crippen LogP contribution in [0, 0.1) is 17.0 Å². The molecular weight excluding hydrogens is 360 g/mol. The molecule has 8 heteroatoms. The molecule has 0 amide bonds. The van der Waals surface area contributed by atoms with E-state index < -0.39 is 28.6 Å². The lowest BCUT2D eigenvalue weighted by Gasteiger charge is -2.55. The summed E-state index contributed by atoms with van der Waals surface area (Å²) in [6.45, 7) is 1.81. The van der Waals surface area contributed by atoms with Crippen molar-refractivity contribution >= 4 is 27.8 Å². The summed E-state index contributed by atoms with van der Waals surface area (Å²) in [5.74, 6) is -1.45. The van der Waals surface area contributed by atoms with Crippen molar-refractivity contribution in [3.05, 3.63) is 48.2 Å². The Labute approximate surface area is 151 Å². The number of rotatable bonds is 2. The maximum absolute atomic E-state index is 14.3. The quantitative estimate of drug-likeness (QED) is 0.700. The Morgan fingerprint density at radius 3 is 2.42 bits per heavy atom. The monoisotopic (exact) mass is 375 g/mol. The normalized spacial score (nSPS) is 19.0. The van der Waals surface area contributed by atoms with Gasteiger partial charge in [0.05, 0.1) is 17.3 Å². The Balaban J connectivity index is 1.43. The van der Waals surface area contributed by atoms with Gasteiger partial charge in [0.1, 0.15) is 17.0 Å². The van der Waals surface area contributed by atoms with Crippen LogP contribution in [0.2, 0.25) is 0 Å². The predicted molar refractivity (Wildman–Crippen MR) is 95.2 cm³/mol. The first-order chi connectivity index (χ1) is 12.5. The van der Waals surface area contributed by atoms with Gasteiger partial charge in [0.2, 0.25) is 0 Å². The third-order valence-corrected chi connectivity index (χ3v) is 7.04. The average molecular weight is 375 g/mol. The zero-order valence-corrected chi connectivity index (χ0v) is 14.5. The van der Waals surface area contributed by atoms with Crippen LogP contribution >= 0.6 is 0 Å². The van der Waals surface area contributed by atoms with Crippen LogP contribution in [-0.2, 0) is 11.2 Å². The van der Waals surface area contributed by atoms with Gasteiger partial charge in [0, 0.05) is 24.2 Å². The number of phenolic OH excluding ortho intramolecular Hbond substituents is 1. The predicted octanol–water partition coefficient (Wildman–Crippen LogP) is 2.58. The first-order valence-corrected chi connectivity index (χ1v) is 9.70. The van der Waals surface area contributed by atoms with E-state index in [0.29, 0.717) is 5.69 Å². The molecule has 134 valence electrons. The third kappa shape index (κ3) is 2.22. The van der Waals surface area contributed by atoms with E-state index >= 15 is 0 Å². The van der Waals surface area contributed by atoms with Crippen LogP contribution in [0.1, 0.15) is 0 Å². The highest BCUT2D eigenvalue weighted by atomic mass is 32.2. The second kappa shape index (κ2) is 5.34. The number of nitrogens with zero attached hydrogens (tertiary/aromatic N) is 3. The minimum Gasteiger partial charge on any atom is -0.616 e. The Bertz CT molecular complexity index is 1010. The van der Waals surface area contributed by atoms with E-state index in [2.05, 4.69) is 10.00 Å². The summed E-state index contributed by atoms with van der Waals surface area (Å²) in [6, 6.07) is 8.53. The fourth-order valence-corrected chi connectivity index (χ4v) is 5.52. The highest BCUT2D eigenvalue weighted by molar-refractivity contribution is 7.92. The smallest absolute Gasteiger partial charge is 0.194 e. The topological polar surface area (TPSA) is 64.3 Å². The van der Waals surface area contributed by atoms with Gasteiger partial charge in [0.25, 0.3) is 0 Å². The van der Waals surface area contributed by atoms with E-state index in [9.17, 15) is 18.4 Å². The SMILES string of the molecule is [O-][S+]1CC2(CN(c3ccc(-n4ncc5cc(F)c(O)c(F)c54)cc3)C2)C1. The summed E-state index contributed by atoms with van der Waals surface area (Å²) in [5, 5.41) is 13.9. The summed E-state index contributed by atoms with van der Waals surface area (Å²) < 4.78 is 40.4. The van der Waals surface area contributed by atoms with E-state index in [4.69, 9.17) is 0 Å². The number of hydrogen-bond acceptors (Lipinski definition) is 4. The third-order valence-electron chi connectivity index (χ3n) is 5.17. The van der Waals surface area contributed by atoms with Gasteiger partial charge in [-0.05, 0) is 30.3 Å². The van der Waals surface area contributed by atoms with E-state index in [1.165, 1.54) is 10.9 Å². The van der Waals surface area contributed by atoms with Crippen LogP contribution in [0.5, 0.6) is 5.75 Å². The van der Waals surface area contributed by atoms with Crippen LogP contribution in [0.3, 0.4) is 0 Å². The maximum atomic E-state index is 14.3. The van der Waals surface area contributed by atoms with Gasteiger partial charge >= 0.3 is 0 Å². The van der Waals surface area contributed by atoms with Crippen LogP contribution < -0.4 is 4.90 Å². The van der Waals surface area contributed by atoms with Crippen molar-refractivity contribution in [2.45, 2.75) is 0 Å². The standard InChI is InChI=1S/C18H15F2N3O2S/c19-14-5-11-6-21-23(16(11)15(20)17(14)24)13-3-1-12(2-4-13)22-7-18(8-22)9-26(25)10-18/h1-6,24H,7-10H2. The minimum absolute atomic E-state index is 0.0384. The molecule has 0 unspecified atom stereocenters. The highest BCUT2D eigenvalue weighted by Crippen LogP contribution is 2.43. The molecule has 0 bridgehead atoms. The molecule has 2 aliphatic rings. The number of halogens is 2.